The van der Waals surface area contributed by atoms with E-state index < -0.39 is 0 Å². The lowest BCUT2D eigenvalue weighted by Gasteiger charge is -2.31. The first-order chi connectivity index (χ1) is 13.2. The van der Waals surface area contributed by atoms with E-state index in [1.807, 2.05) is 29.1 Å². The van der Waals surface area contributed by atoms with Crippen molar-refractivity contribution in [3.05, 3.63) is 60.2 Å². The van der Waals surface area contributed by atoms with Crippen LogP contribution in [0, 0.1) is 11.7 Å². The number of nitrogens with zero attached hydrogens (tertiary/aromatic N) is 4. The second-order valence-corrected chi connectivity index (χ2v) is 7.52. The van der Waals surface area contributed by atoms with Crippen molar-refractivity contribution in [1.29, 1.82) is 0 Å². The van der Waals surface area contributed by atoms with E-state index in [2.05, 4.69) is 20.4 Å². The van der Waals surface area contributed by atoms with E-state index in [0.717, 1.165) is 35.2 Å². The summed E-state index contributed by atoms with van der Waals surface area (Å²) >= 11 is 1.52. The summed E-state index contributed by atoms with van der Waals surface area (Å²) < 4.78 is 15.2. The lowest BCUT2D eigenvalue weighted by atomic mass is 9.97. The van der Waals surface area contributed by atoms with Gasteiger partial charge in [-0.15, -0.1) is 10.2 Å². The van der Waals surface area contributed by atoms with Crippen LogP contribution in [0.4, 0.5) is 9.52 Å². The number of nitrogens with one attached hydrogen (secondary N) is 1. The molecule has 1 saturated heterocycles. The number of aromatic nitrogens is 3. The second kappa shape index (κ2) is 7.87. The van der Waals surface area contributed by atoms with Crippen LogP contribution in [0.1, 0.15) is 18.4 Å². The Kier molecular flexibility index (Phi) is 5.15. The van der Waals surface area contributed by atoms with Crippen LogP contribution in [0.5, 0.6) is 0 Å². The molecule has 1 aliphatic rings. The number of piperidine rings is 1. The molecule has 0 bridgehead atoms. The second-order valence-electron chi connectivity index (χ2n) is 6.59. The lowest BCUT2D eigenvalue weighted by molar-refractivity contribution is -0.125. The molecule has 0 saturated carbocycles. The summed E-state index contributed by atoms with van der Waals surface area (Å²) in [6.07, 6.45) is 5.64. The molecule has 3 heterocycles. The zero-order valence-corrected chi connectivity index (χ0v) is 15.5. The highest BCUT2D eigenvalue weighted by Crippen LogP contribution is 2.28. The first-order valence-corrected chi connectivity index (χ1v) is 9.74. The third kappa shape index (κ3) is 4.16. The molecule has 0 spiro atoms. The van der Waals surface area contributed by atoms with Crippen LogP contribution >= 0.6 is 11.3 Å². The highest BCUT2D eigenvalue weighted by atomic mass is 32.1. The van der Waals surface area contributed by atoms with Crippen LogP contribution in [-0.2, 0) is 11.3 Å². The third-order valence-electron chi connectivity index (χ3n) is 4.65. The summed E-state index contributed by atoms with van der Waals surface area (Å²) in [4.78, 5) is 14.7. The summed E-state index contributed by atoms with van der Waals surface area (Å²) in [6, 6.07) is 10.2. The van der Waals surface area contributed by atoms with Gasteiger partial charge >= 0.3 is 0 Å². The Bertz CT molecular complexity index is 910. The molecule has 1 N–H and O–H groups in total. The summed E-state index contributed by atoms with van der Waals surface area (Å²) in [5, 5.41) is 13.1. The summed E-state index contributed by atoms with van der Waals surface area (Å²) in [6.45, 7) is 1.83. The van der Waals surface area contributed by atoms with E-state index in [1.54, 1.807) is 12.1 Å². The Balaban J connectivity index is 1.37. The molecule has 4 rings (SSSR count). The van der Waals surface area contributed by atoms with Gasteiger partial charge in [0, 0.05) is 32.0 Å². The Morgan fingerprint density at radius 1 is 1.22 bits per heavy atom. The minimum absolute atomic E-state index is 0.000824. The number of amides is 1. The average molecular weight is 385 g/mol. The van der Waals surface area contributed by atoms with Crippen molar-refractivity contribution in [2.45, 2.75) is 19.4 Å². The molecular weight excluding hydrogens is 365 g/mol. The van der Waals surface area contributed by atoms with Crippen LogP contribution in [0.3, 0.4) is 0 Å². The smallest absolute Gasteiger partial charge is 0.225 e. The van der Waals surface area contributed by atoms with E-state index in [9.17, 15) is 9.18 Å². The van der Waals surface area contributed by atoms with Gasteiger partial charge in [-0.05, 0) is 42.7 Å². The van der Waals surface area contributed by atoms with Gasteiger partial charge in [0.15, 0.2) is 0 Å². The van der Waals surface area contributed by atoms with E-state index in [4.69, 9.17) is 0 Å². The maximum absolute atomic E-state index is 13.3. The van der Waals surface area contributed by atoms with Gasteiger partial charge in [-0.1, -0.05) is 23.5 Å². The van der Waals surface area contributed by atoms with E-state index in [1.165, 1.54) is 23.5 Å². The molecule has 1 amide bonds. The van der Waals surface area contributed by atoms with E-state index >= 15 is 0 Å². The van der Waals surface area contributed by atoms with Crippen LogP contribution in [0.25, 0.3) is 5.13 Å². The number of halogens is 1. The highest BCUT2D eigenvalue weighted by molar-refractivity contribution is 7.17. The topological polar surface area (TPSA) is 63.1 Å². The molecule has 1 aromatic carbocycles. The summed E-state index contributed by atoms with van der Waals surface area (Å²) in [5.74, 6) is -0.397. The monoisotopic (exact) mass is 385 g/mol. The number of benzene rings is 1. The first-order valence-electron chi connectivity index (χ1n) is 8.93. The SMILES string of the molecule is O=C(NCc1cccc(F)c1)C1CCCN(c2nnc(-n3cccc3)s2)C1. The van der Waals surface area contributed by atoms with Crippen LogP contribution in [0.2, 0.25) is 0 Å². The molecule has 1 fully saturated rings. The van der Waals surface area contributed by atoms with Gasteiger partial charge in [-0.25, -0.2) is 4.39 Å². The molecule has 3 aromatic rings. The van der Waals surface area contributed by atoms with Gasteiger partial charge in [-0.3, -0.25) is 9.36 Å². The quantitative estimate of drug-likeness (QED) is 0.733. The molecule has 1 unspecified atom stereocenters. The largest absolute Gasteiger partial charge is 0.352 e. The highest BCUT2D eigenvalue weighted by Gasteiger charge is 2.27. The molecule has 1 aliphatic heterocycles. The standard InChI is InChI=1S/C19H20FN5OS/c20-16-7-3-5-14(11-16)12-21-17(26)15-6-4-10-25(13-15)19-23-22-18(27-19)24-8-1-2-9-24/h1-3,5,7-9,11,15H,4,6,10,12-13H2,(H,21,26). The molecule has 6 nitrogen and oxygen atoms in total. The van der Waals surface area contributed by atoms with Gasteiger partial charge in [0.1, 0.15) is 5.82 Å². The normalized spacial score (nSPS) is 17.1. The lowest BCUT2D eigenvalue weighted by Crippen LogP contribution is -2.43. The van der Waals surface area contributed by atoms with Crippen molar-refractivity contribution in [2.24, 2.45) is 5.92 Å². The molecule has 27 heavy (non-hydrogen) atoms. The minimum Gasteiger partial charge on any atom is -0.352 e. The molecule has 0 aliphatic carbocycles. The predicted octanol–water partition coefficient (Wildman–Crippen LogP) is 3.00. The van der Waals surface area contributed by atoms with Gasteiger partial charge in [0.2, 0.25) is 16.2 Å². The maximum atomic E-state index is 13.3. The fourth-order valence-electron chi connectivity index (χ4n) is 3.25. The van der Waals surface area contributed by atoms with Gasteiger partial charge in [0.25, 0.3) is 0 Å². The minimum atomic E-state index is -0.291. The average Bonchev–Trinajstić information content (AvgIpc) is 3.38. The molecule has 140 valence electrons. The number of hydrogen-bond donors (Lipinski definition) is 1. The Morgan fingerprint density at radius 3 is 2.85 bits per heavy atom. The van der Waals surface area contributed by atoms with Gasteiger partial charge in [0.05, 0.1) is 5.92 Å². The fourth-order valence-corrected chi connectivity index (χ4v) is 4.10. The third-order valence-corrected chi connectivity index (χ3v) is 5.64. The number of rotatable bonds is 5. The fraction of sp³-hybridized carbons (Fsp3) is 0.316. The maximum Gasteiger partial charge on any atom is 0.225 e. The first kappa shape index (κ1) is 17.7. The van der Waals surface area contributed by atoms with Crippen molar-refractivity contribution in [3.63, 3.8) is 0 Å². The Morgan fingerprint density at radius 2 is 2.04 bits per heavy atom. The zero-order valence-electron chi connectivity index (χ0n) is 14.7. The molecular formula is C19H20FN5OS. The predicted molar refractivity (Wildman–Crippen MR) is 102 cm³/mol. The molecule has 1 atom stereocenters. The molecule has 2 aromatic heterocycles. The van der Waals surface area contributed by atoms with Crippen molar-refractivity contribution in [1.82, 2.24) is 20.1 Å². The van der Waals surface area contributed by atoms with Crippen molar-refractivity contribution < 1.29 is 9.18 Å². The summed E-state index contributed by atoms with van der Waals surface area (Å²) in [7, 11) is 0. The van der Waals surface area contributed by atoms with Gasteiger partial charge < -0.3 is 10.2 Å². The number of anilines is 1. The Hall–Kier alpha value is -2.74. The van der Waals surface area contributed by atoms with E-state index in [0.29, 0.717) is 13.1 Å². The van der Waals surface area contributed by atoms with Crippen LogP contribution in [-0.4, -0.2) is 33.8 Å². The zero-order chi connectivity index (χ0) is 18.6. The van der Waals surface area contributed by atoms with Gasteiger partial charge in [-0.2, -0.15) is 0 Å². The number of carbonyl (C=O) groups is 1. The van der Waals surface area contributed by atoms with Crippen molar-refractivity contribution >= 4 is 22.4 Å². The Labute approximate surface area is 160 Å². The number of carbonyl (C=O) groups excluding carboxylic acids is 1. The van der Waals surface area contributed by atoms with Crippen molar-refractivity contribution in [2.75, 3.05) is 18.0 Å². The molecule has 8 heteroatoms. The van der Waals surface area contributed by atoms with Crippen LogP contribution in [0.15, 0.2) is 48.8 Å². The summed E-state index contributed by atoms with van der Waals surface area (Å²) in [5.41, 5.74) is 0.761. The van der Waals surface area contributed by atoms with Crippen LogP contribution < -0.4 is 10.2 Å². The number of hydrogen-bond acceptors (Lipinski definition) is 5. The van der Waals surface area contributed by atoms with E-state index in [-0.39, 0.29) is 17.6 Å². The molecule has 0 radical (unpaired) electrons. The van der Waals surface area contributed by atoms with Crippen molar-refractivity contribution in [3.8, 4) is 5.13 Å².